The molecule has 9 nitrogen and oxygen atoms in total. The summed E-state index contributed by atoms with van der Waals surface area (Å²) < 4.78 is 37.7. The highest BCUT2D eigenvalue weighted by Gasteiger charge is 2.28. The zero-order valence-corrected chi connectivity index (χ0v) is 21.3. The maximum absolute atomic E-state index is 13.2. The van der Waals surface area contributed by atoms with Crippen molar-refractivity contribution < 1.29 is 22.7 Å². The van der Waals surface area contributed by atoms with Crippen molar-refractivity contribution in [3.8, 4) is 5.75 Å². The van der Waals surface area contributed by atoms with Gasteiger partial charge in [-0.2, -0.15) is 0 Å². The summed E-state index contributed by atoms with van der Waals surface area (Å²) in [6, 6.07) is 4.73. The van der Waals surface area contributed by atoms with Gasteiger partial charge in [-0.25, -0.2) is 13.4 Å². The molecule has 1 amide bonds. The number of ether oxygens (including phenoxy) is 2. The zero-order valence-electron chi connectivity index (χ0n) is 19.6. The lowest BCUT2D eigenvalue weighted by atomic mass is 10.0. The average molecular weight is 497 g/mol. The molecule has 33 heavy (non-hydrogen) atoms. The predicted octanol–water partition coefficient (Wildman–Crippen LogP) is 2.52. The highest BCUT2D eigenvalue weighted by atomic mass is 32.2. The first kappa shape index (κ1) is 25.4. The van der Waals surface area contributed by atoms with Crippen LogP contribution in [0.2, 0.25) is 0 Å². The molecule has 1 N–H and O–H groups in total. The van der Waals surface area contributed by atoms with Gasteiger partial charge in [-0.1, -0.05) is 6.92 Å². The number of carbonyl (C=O) groups is 1. The van der Waals surface area contributed by atoms with E-state index in [4.69, 9.17) is 9.47 Å². The Morgan fingerprint density at radius 3 is 2.70 bits per heavy atom. The fourth-order valence-electron chi connectivity index (χ4n) is 3.85. The Kier molecular flexibility index (Phi) is 8.33. The van der Waals surface area contributed by atoms with Crippen LogP contribution in [0.1, 0.15) is 29.2 Å². The second-order valence-electron chi connectivity index (χ2n) is 8.54. The Bertz CT molecular complexity index is 1050. The molecule has 11 heteroatoms. The number of amides is 1. The first-order valence-corrected chi connectivity index (χ1v) is 13.5. The van der Waals surface area contributed by atoms with Gasteiger partial charge in [0.2, 0.25) is 10.0 Å². The van der Waals surface area contributed by atoms with E-state index in [1.165, 1.54) is 0 Å². The van der Waals surface area contributed by atoms with Crippen molar-refractivity contribution in [2.24, 2.45) is 5.92 Å². The van der Waals surface area contributed by atoms with E-state index in [9.17, 15) is 13.2 Å². The highest BCUT2D eigenvalue weighted by molar-refractivity contribution is 7.92. The molecule has 0 radical (unpaired) electrons. The standard InChI is InChI=1S/C22H32N4O5S2/c1-15-11-26(13-21-23-8-9-32-21)16(2)14-31-19-10-17(24-33(5,28)29)6-7-18(19)22(27)25(3)12-20(15)30-4/h6-10,15-16,20,24H,11-14H2,1-5H3/t15-,16-,20+/m0/s1. The van der Waals surface area contributed by atoms with Crippen molar-refractivity contribution in [1.82, 2.24) is 14.8 Å². The number of sulfonamides is 1. The molecule has 1 aromatic carbocycles. The number of rotatable bonds is 5. The molecule has 2 aromatic rings. The number of fused-ring (bicyclic) bond motifs is 1. The first-order valence-electron chi connectivity index (χ1n) is 10.7. The maximum Gasteiger partial charge on any atom is 0.257 e. The van der Waals surface area contributed by atoms with Crippen LogP contribution in [-0.2, 0) is 21.3 Å². The number of likely N-dealkylation sites (N-methyl/N-ethyl adjacent to an activating group) is 1. The lowest BCUT2D eigenvalue weighted by molar-refractivity contribution is 0.00921. The summed E-state index contributed by atoms with van der Waals surface area (Å²) >= 11 is 1.61. The number of benzene rings is 1. The van der Waals surface area contributed by atoms with E-state index in [2.05, 4.69) is 28.5 Å². The molecule has 0 unspecified atom stereocenters. The fourth-order valence-corrected chi connectivity index (χ4v) is 5.05. The first-order chi connectivity index (χ1) is 15.6. The number of methoxy groups -OCH3 is 1. The predicted molar refractivity (Wildman–Crippen MR) is 129 cm³/mol. The van der Waals surface area contributed by atoms with Crippen molar-refractivity contribution in [3.05, 3.63) is 40.3 Å². The summed E-state index contributed by atoms with van der Waals surface area (Å²) in [4.78, 5) is 21.6. The van der Waals surface area contributed by atoms with Gasteiger partial charge in [-0.15, -0.1) is 11.3 Å². The van der Waals surface area contributed by atoms with E-state index in [1.807, 2.05) is 5.38 Å². The summed E-state index contributed by atoms with van der Waals surface area (Å²) in [6.07, 6.45) is 2.73. The van der Waals surface area contributed by atoms with Crippen molar-refractivity contribution in [2.45, 2.75) is 32.5 Å². The van der Waals surface area contributed by atoms with Gasteiger partial charge in [0.15, 0.2) is 0 Å². The maximum atomic E-state index is 13.2. The second kappa shape index (κ2) is 10.8. The molecule has 0 saturated heterocycles. The van der Waals surface area contributed by atoms with Crippen molar-refractivity contribution >= 4 is 33.0 Å². The molecule has 0 bridgehead atoms. The molecule has 3 atom stereocenters. The Morgan fingerprint density at radius 1 is 1.30 bits per heavy atom. The van der Waals surface area contributed by atoms with Crippen molar-refractivity contribution in [3.63, 3.8) is 0 Å². The Labute approximate surface area is 199 Å². The van der Waals surface area contributed by atoms with E-state index in [1.54, 1.807) is 54.8 Å². The van der Waals surface area contributed by atoms with Crippen LogP contribution in [0.4, 0.5) is 5.69 Å². The minimum atomic E-state index is -3.46. The molecule has 0 fully saturated rings. The smallest absolute Gasteiger partial charge is 0.257 e. The molecular weight excluding hydrogens is 464 g/mol. The third-order valence-electron chi connectivity index (χ3n) is 5.70. The Hall–Kier alpha value is -2.21. The lowest BCUT2D eigenvalue weighted by Crippen LogP contribution is -2.46. The molecule has 0 aliphatic carbocycles. The Morgan fingerprint density at radius 2 is 2.06 bits per heavy atom. The van der Waals surface area contributed by atoms with Crippen LogP contribution >= 0.6 is 11.3 Å². The number of hydrogen-bond acceptors (Lipinski definition) is 8. The van der Waals surface area contributed by atoms with Gasteiger partial charge in [0.05, 0.1) is 30.2 Å². The summed E-state index contributed by atoms with van der Waals surface area (Å²) in [5, 5.41) is 2.98. The van der Waals surface area contributed by atoms with E-state index in [0.29, 0.717) is 36.7 Å². The molecule has 1 aliphatic rings. The van der Waals surface area contributed by atoms with E-state index >= 15 is 0 Å². The number of aromatic nitrogens is 1. The molecule has 0 spiro atoms. The van der Waals surface area contributed by atoms with Gasteiger partial charge in [0.1, 0.15) is 17.4 Å². The van der Waals surface area contributed by atoms with Crippen LogP contribution in [0, 0.1) is 5.92 Å². The third-order valence-corrected chi connectivity index (χ3v) is 7.07. The number of anilines is 1. The Balaban J connectivity index is 1.96. The summed E-state index contributed by atoms with van der Waals surface area (Å²) in [7, 11) is -0.0667. The molecule has 1 aromatic heterocycles. The van der Waals surface area contributed by atoms with Crippen LogP contribution in [0.25, 0.3) is 0 Å². The van der Waals surface area contributed by atoms with Gasteiger partial charge in [0.25, 0.3) is 5.91 Å². The van der Waals surface area contributed by atoms with Gasteiger partial charge in [0, 0.05) is 50.9 Å². The number of nitrogens with one attached hydrogen (secondary N) is 1. The van der Waals surface area contributed by atoms with E-state index < -0.39 is 10.0 Å². The topological polar surface area (TPSA) is 101 Å². The summed E-state index contributed by atoms with van der Waals surface area (Å²) in [5.41, 5.74) is 0.716. The highest BCUT2D eigenvalue weighted by Crippen LogP contribution is 2.27. The SMILES string of the molecule is CO[C@@H]1CN(C)C(=O)c2ccc(NS(C)(=O)=O)cc2OC[C@H](C)N(Cc2nccs2)C[C@@H]1C. The van der Waals surface area contributed by atoms with Crippen LogP contribution in [0.3, 0.4) is 0 Å². The second-order valence-corrected chi connectivity index (χ2v) is 11.3. The molecule has 2 heterocycles. The van der Waals surface area contributed by atoms with Gasteiger partial charge >= 0.3 is 0 Å². The number of nitrogens with zero attached hydrogens (tertiary/aromatic N) is 3. The van der Waals surface area contributed by atoms with Crippen molar-refractivity contribution in [1.29, 1.82) is 0 Å². The largest absolute Gasteiger partial charge is 0.491 e. The van der Waals surface area contributed by atoms with Crippen molar-refractivity contribution in [2.75, 3.05) is 44.8 Å². The number of carbonyl (C=O) groups excluding carboxylic acids is 1. The van der Waals surface area contributed by atoms with Gasteiger partial charge in [-0.05, 0) is 25.0 Å². The normalized spacial score (nSPS) is 23.2. The summed E-state index contributed by atoms with van der Waals surface area (Å²) in [5.74, 6) is 0.287. The molecule has 3 rings (SSSR count). The fraction of sp³-hybridized carbons (Fsp3) is 0.545. The van der Waals surface area contributed by atoms with Crippen LogP contribution < -0.4 is 9.46 Å². The number of thiazole rings is 1. The molecule has 1 aliphatic heterocycles. The minimum Gasteiger partial charge on any atom is -0.491 e. The van der Waals surface area contributed by atoms with E-state index in [-0.39, 0.29) is 24.0 Å². The van der Waals surface area contributed by atoms with Crippen LogP contribution in [0.15, 0.2) is 29.8 Å². The molecular formula is C22H32N4O5S2. The molecule has 0 saturated carbocycles. The quantitative estimate of drug-likeness (QED) is 0.679. The van der Waals surface area contributed by atoms with E-state index in [0.717, 1.165) is 17.8 Å². The lowest BCUT2D eigenvalue weighted by Gasteiger charge is -2.35. The van der Waals surface area contributed by atoms with Gasteiger partial charge < -0.3 is 14.4 Å². The van der Waals surface area contributed by atoms with Crippen LogP contribution in [0.5, 0.6) is 5.75 Å². The third kappa shape index (κ3) is 6.89. The zero-order chi connectivity index (χ0) is 24.2. The molecule has 182 valence electrons. The van der Waals surface area contributed by atoms with Gasteiger partial charge in [-0.3, -0.25) is 14.4 Å². The van der Waals surface area contributed by atoms with Crippen LogP contribution in [-0.4, -0.2) is 81.4 Å². The minimum absolute atomic E-state index is 0.0143. The monoisotopic (exact) mass is 496 g/mol. The number of hydrogen-bond donors (Lipinski definition) is 1. The average Bonchev–Trinajstić information content (AvgIpc) is 3.26. The summed E-state index contributed by atoms with van der Waals surface area (Å²) in [6.45, 7) is 6.35.